The molecule has 2 heterocycles. The minimum Gasteiger partial charge on any atom is -0.483 e. The summed E-state index contributed by atoms with van der Waals surface area (Å²) >= 11 is 1.50. The smallest absolute Gasteiger partial charge is 0.262 e. The Hall–Kier alpha value is -3.14. The maximum atomic E-state index is 12.4. The first-order chi connectivity index (χ1) is 14.6. The third kappa shape index (κ3) is 4.54. The van der Waals surface area contributed by atoms with E-state index in [9.17, 15) is 10.1 Å². The standard InChI is InChI=1S/C24H23N3O2S/c1-17-7-5-6-10-21(17)29-16-23(28)26-24-20(13-25)19-11-12-27(15-22(19)30-24)14-18-8-3-2-4-9-18/h2-10H,11-12,14-16H2,1H3,(H,26,28). The highest BCUT2D eigenvalue weighted by molar-refractivity contribution is 7.16. The average molecular weight is 418 g/mol. The van der Waals surface area contributed by atoms with Crippen molar-refractivity contribution in [3.63, 3.8) is 0 Å². The lowest BCUT2D eigenvalue weighted by Gasteiger charge is -2.26. The molecule has 6 heteroatoms. The number of benzene rings is 2. The van der Waals surface area contributed by atoms with E-state index in [0.29, 0.717) is 16.3 Å². The highest BCUT2D eigenvalue weighted by atomic mass is 32.1. The molecule has 4 rings (SSSR count). The summed E-state index contributed by atoms with van der Waals surface area (Å²) in [5.74, 6) is 0.435. The number of anilines is 1. The number of nitriles is 1. The number of fused-ring (bicyclic) bond motifs is 1. The molecule has 0 bridgehead atoms. The van der Waals surface area contributed by atoms with Crippen LogP contribution in [0, 0.1) is 18.3 Å². The fourth-order valence-electron chi connectivity index (χ4n) is 3.66. The molecule has 0 radical (unpaired) electrons. The Balaban J connectivity index is 1.42. The van der Waals surface area contributed by atoms with Gasteiger partial charge in [-0.15, -0.1) is 11.3 Å². The number of rotatable bonds is 6. The minimum absolute atomic E-state index is 0.0849. The van der Waals surface area contributed by atoms with Gasteiger partial charge in [-0.2, -0.15) is 5.26 Å². The normalized spacial score (nSPS) is 13.3. The molecule has 1 amide bonds. The first kappa shape index (κ1) is 20.1. The number of carbonyl (C=O) groups excluding carboxylic acids is 1. The van der Waals surface area contributed by atoms with Crippen molar-refractivity contribution in [2.45, 2.75) is 26.4 Å². The number of thiophene rings is 1. The Labute approximate surface area is 180 Å². The monoisotopic (exact) mass is 417 g/mol. The predicted molar refractivity (Wildman–Crippen MR) is 119 cm³/mol. The Morgan fingerprint density at radius 3 is 2.73 bits per heavy atom. The Kier molecular flexibility index (Phi) is 6.12. The van der Waals surface area contributed by atoms with Crippen LogP contribution in [-0.2, 0) is 24.3 Å². The van der Waals surface area contributed by atoms with Crippen LogP contribution in [0.5, 0.6) is 5.75 Å². The van der Waals surface area contributed by atoms with Crippen molar-refractivity contribution in [3.05, 3.63) is 81.7 Å². The van der Waals surface area contributed by atoms with Gasteiger partial charge in [0.2, 0.25) is 0 Å². The van der Waals surface area contributed by atoms with Crippen molar-refractivity contribution in [1.82, 2.24) is 4.90 Å². The number of nitrogens with one attached hydrogen (secondary N) is 1. The molecule has 152 valence electrons. The van der Waals surface area contributed by atoms with Gasteiger partial charge in [-0.05, 0) is 36.1 Å². The molecule has 0 atom stereocenters. The van der Waals surface area contributed by atoms with Gasteiger partial charge < -0.3 is 10.1 Å². The van der Waals surface area contributed by atoms with Crippen LogP contribution in [0.15, 0.2) is 54.6 Å². The van der Waals surface area contributed by atoms with E-state index in [1.165, 1.54) is 16.9 Å². The third-order valence-corrected chi connectivity index (χ3v) is 6.33. The molecular formula is C24H23N3O2S. The van der Waals surface area contributed by atoms with Crippen molar-refractivity contribution in [2.24, 2.45) is 0 Å². The van der Waals surface area contributed by atoms with Gasteiger partial charge in [-0.3, -0.25) is 9.69 Å². The molecule has 5 nitrogen and oxygen atoms in total. The summed E-state index contributed by atoms with van der Waals surface area (Å²) in [6.45, 7) is 4.43. The molecule has 0 aliphatic carbocycles. The largest absolute Gasteiger partial charge is 0.483 e. The summed E-state index contributed by atoms with van der Waals surface area (Å²) in [7, 11) is 0. The molecule has 3 aromatic rings. The van der Waals surface area contributed by atoms with E-state index >= 15 is 0 Å². The van der Waals surface area contributed by atoms with Crippen molar-refractivity contribution in [2.75, 3.05) is 18.5 Å². The SMILES string of the molecule is Cc1ccccc1OCC(=O)Nc1sc2c(c1C#N)CCN(Cc1ccccc1)C2. The molecule has 0 spiro atoms. The Morgan fingerprint density at radius 1 is 1.20 bits per heavy atom. The van der Waals surface area contributed by atoms with Gasteiger partial charge >= 0.3 is 0 Å². The summed E-state index contributed by atoms with van der Waals surface area (Å²) in [4.78, 5) is 16.0. The lowest BCUT2D eigenvalue weighted by Crippen LogP contribution is -2.29. The fourth-order valence-corrected chi connectivity index (χ4v) is 4.92. The first-order valence-electron chi connectivity index (χ1n) is 9.93. The van der Waals surface area contributed by atoms with Crippen LogP contribution in [0.3, 0.4) is 0 Å². The van der Waals surface area contributed by atoms with E-state index in [-0.39, 0.29) is 12.5 Å². The average Bonchev–Trinajstić information content (AvgIpc) is 3.10. The molecule has 1 aliphatic heterocycles. The molecule has 0 saturated carbocycles. The zero-order valence-corrected chi connectivity index (χ0v) is 17.7. The molecule has 1 N–H and O–H groups in total. The molecule has 30 heavy (non-hydrogen) atoms. The molecule has 2 aromatic carbocycles. The number of aryl methyl sites for hydroxylation is 1. The quantitative estimate of drug-likeness (QED) is 0.641. The number of amides is 1. The lowest BCUT2D eigenvalue weighted by atomic mass is 10.0. The van der Waals surface area contributed by atoms with Crippen molar-refractivity contribution >= 4 is 22.2 Å². The Morgan fingerprint density at radius 2 is 1.97 bits per heavy atom. The summed E-state index contributed by atoms with van der Waals surface area (Å²) in [5, 5.41) is 13.2. The number of ether oxygens (including phenoxy) is 1. The first-order valence-corrected chi connectivity index (χ1v) is 10.7. The fraction of sp³-hybridized carbons (Fsp3) is 0.250. The van der Waals surface area contributed by atoms with Gasteiger partial charge in [0, 0.05) is 24.5 Å². The third-order valence-electron chi connectivity index (χ3n) is 5.20. The molecule has 0 saturated heterocycles. The summed E-state index contributed by atoms with van der Waals surface area (Å²) in [6.07, 6.45) is 0.817. The van der Waals surface area contributed by atoms with Gasteiger partial charge in [0.05, 0.1) is 5.56 Å². The molecule has 1 aromatic heterocycles. The number of hydrogen-bond acceptors (Lipinski definition) is 5. The molecule has 0 unspecified atom stereocenters. The van der Waals surface area contributed by atoms with Crippen LogP contribution >= 0.6 is 11.3 Å². The van der Waals surface area contributed by atoms with Crippen LogP contribution in [0.2, 0.25) is 0 Å². The van der Waals surface area contributed by atoms with E-state index in [4.69, 9.17) is 4.74 Å². The lowest BCUT2D eigenvalue weighted by molar-refractivity contribution is -0.118. The molecule has 1 aliphatic rings. The summed E-state index contributed by atoms with van der Waals surface area (Å²) in [6, 6.07) is 20.3. The Bertz CT molecular complexity index is 1090. The highest BCUT2D eigenvalue weighted by Crippen LogP contribution is 2.37. The van der Waals surface area contributed by atoms with Gasteiger partial charge in [0.1, 0.15) is 16.8 Å². The number of hydrogen-bond donors (Lipinski definition) is 1. The van der Waals surface area contributed by atoms with Crippen LogP contribution in [-0.4, -0.2) is 24.0 Å². The van der Waals surface area contributed by atoms with E-state index in [1.807, 2.05) is 37.3 Å². The van der Waals surface area contributed by atoms with Crippen molar-refractivity contribution in [3.8, 4) is 11.8 Å². The van der Waals surface area contributed by atoms with Crippen LogP contribution < -0.4 is 10.1 Å². The van der Waals surface area contributed by atoms with Gasteiger partial charge in [0.15, 0.2) is 6.61 Å². The van der Waals surface area contributed by atoms with Crippen molar-refractivity contribution in [1.29, 1.82) is 5.26 Å². The number of nitrogens with zero attached hydrogens (tertiary/aromatic N) is 2. The summed E-state index contributed by atoms with van der Waals surface area (Å²) in [5.41, 5.74) is 3.92. The van der Waals surface area contributed by atoms with E-state index in [1.54, 1.807) is 0 Å². The second kappa shape index (κ2) is 9.12. The van der Waals surface area contributed by atoms with Crippen molar-refractivity contribution < 1.29 is 9.53 Å². The second-order valence-electron chi connectivity index (χ2n) is 7.37. The van der Waals surface area contributed by atoms with Crippen LogP contribution in [0.25, 0.3) is 0 Å². The van der Waals surface area contributed by atoms with E-state index < -0.39 is 0 Å². The number of carbonyl (C=O) groups is 1. The zero-order valence-electron chi connectivity index (χ0n) is 16.9. The molecular weight excluding hydrogens is 394 g/mol. The highest BCUT2D eigenvalue weighted by Gasteiger charge is 2.25. The van der Waals surface area contributed by atoms with E-state index in [2.05, 4.69) is 40.6 Å². The van der Waals surface area contributed by atoms with Gasteiger partial charge in [-0.25, -0.2) is 0 Å². The maximum Gasteiger partial charge on any atom is 0.262 e. The molecule has 0 fully saturated rings. The summed E-state index contributed by atoms with van der Waals surface area (Å²) < 4.78 is 5.63. The van der Waals surface area contributed by atoms with E-state index in [0.717, 1.165) is 42.1 Å². The topological polar surface area (TPSA) is 65.4 Å². The minimum atomic E-state index is -0.255. The van der Waals surface area contributed by atoms with Crippen LogP contribution in [0.4, 0.5) is 5.00 Å². The van der Waals surface area contributed by atoms with Gasteiger partial charge in [0.25, 0.3) is 5.91 Å². The maximum absolute atomic E-state index is 12.4. The zero-order chi connectivity index (χ0) is 20.9. The van der Waals surface area contributed by atoms with Gasteiger partial charge in [-0.1, -0.05) is 48.5 Å². The predicted octanol–water partition coefficient (Wildman–Crippen LogP) is 4.50. The number of para-hydroxylation sites is 1. The second-order valence-corrected chi connectivity index (χ2v) is 8.47. The van der Waals surface area contributed by atoms with Crippen LogP contribution in [0.1, 0.15) is 27.1 Å².